The Balaban J connectivity index is 2.84. The molecule has 96 valence electrons. The fourth-order valence-electron chi connectivity index (χ4n) is 1.43. The summed E-state index contributed by atoms with van der Waals surface area (Å²) in [5.74, 6) is 0. The number of nitriles is 1. The SMILES string of the molecule is CC(C#N)S(=O)(=O)N1CC=C(C(F)(F)F)CC1. The van der Waals surface area contributed by atoms with Crippen LogP contribution >= 0.6 is 0 Å². The second-order valence-electron chi connectivity index (χ2n) is 3.65. The molecule has 0 saturated heterocycles. The van der Waals surface area contributed by atoms with Crippen molar-refractivity contribution in [2.75, 3.05) is 13.1 Å². The van der Waals surface area contributed by atoms with Gasteiger partial charge in [0.15, 0.2) is 5.25 Å². The molecule has 0 aromatic rings. The van der Waals surface area contributed by atoms with Crippen molar-refractivity contribution in [2.24, 2.45) is 0 Å². The molecular formula is C9H11F3N2O2S. The van der Waals surface area contributed by atoms with Crippen LogP contribution in [0.25, 0.3) is 0 Å². The highest BCUT2D eigenvalue weighted by Gasteiger charge is 2.37. The number of nitrogens with zero attached hydrogens (tertiary/aromatic N) is 2. The molecule has 0 radical (unpaired) electrons. The largest absolute Gasteiger partial charge is 0.412 e. The number of rotatable bonds is 2. The Morgan fingerprint density at radius 2 is 2.12 bits per heavy atom. The fourth-order valence-corrected chi connectivity index (χ4v) is 2.64. The van der Waals surface area contributed by atoms with Gasteiger partial charge in [-0.2, -0.15) is 22.7 Å². The summed E-state index contributed by atoms with van der Waals surface area (Å²) in [6, 6.07) is 1.57. The minimum Gasteiger partial charge on any atom is -0.211 e. The molecule has 0 bridgehead atoms. The first-order valence-corrected chi connectivity index (χ1v) is 6.34. The van der Waals surface area contributed by atoms with E-state index in [2.05, 4.69) is 0 Å². The Labute approximate surface area is 97.4 Å². The van der Waals surface area contributed by atoms with Crippen LogP contribution in [0.5, 0.6) is 0 Å². The first-order chi connectivity index (χ1) is 7.69. The molecule has 0 aromatic heterocycles. The molecule has 0 aliphatic carbocycles. The van der Waals surface area contributed by atoms with Crippen molar-refractivity contribution >= 4 is 10.0 Å². The van der Waals surface area contributed by atoms with Crippen LogP contribution in [-0.4, -0.2) is 37.2 Å². The van der Waals surface area contributed by atoms with Crippen molar-refractivity contribution in [2.45, 2.75) is 24.8 Å². The third kappa shape index (κ3) is 2.98. The van der Waals surface area contributed by atoms with E-state index in [0.717, 1.165) is 10.4 Å². The van der Waals surface area contributed by atoms with Gasteiger partial charge in [0.25, 0.3) is 0 Å². The van der Waals surface area contributed by atoms with Gasteiger partial charge in [-0.15, -0.1) is 0 Å². The molecular weight excluding hydrogens is 257 g/mol. The van der Waals surface area contributed by atoms with E-state index in [0.29, 0.717) is 0 Å². The lowest BCUT2D eigenvalue weighted by Crippen LogP contribution is -2.40. The van der Waals surface area contributed by atoms with Crippen molar-refractivity contribution in [3.8, 4) is 6.07 Å². The van der Waals surface area contributed by atoms with Crippen LogP contribution in [0, 0.1) is 11.3 Å². The molecule has 0 spiro atoms. The van der Waals surface area contributed by atoms with E-state index in [1.807, 2.05) is 0 Å². The standard InChI is InChI=1S/C9H11F3N2O2S/c1-7(6-13)17(15,16)14-4-2-8(3-5-14)9(10,11)12/h2,7H,3-5H2,1H3. The number of hydrogen-bond acceptors (Lipinski definition) is 3. The summed E-state index contributed by atoms with van der Waals surface area (Å²) in [7, 11) is -3.82. The predicted molar refractivity (Wildman–Crippen MR) is 54.3 cm³/mol. The number of alkyl halides is 3. The molecule has 0 amide bonds. The molecule has 1 rings (SSSR count). The maximum Gasteiger partial charge on any atom is 0.412 e. The summed E-state index contributed by atoms with van der Waals surface area (Å²) in [6.45, 7) is 0.640. The maximum atomic E-state index is 12.3. The zero-order chi connectivity index (χ0) is 13.3. The number of sulfonamides is 1. The summed E-state index contributed by atoms with van der Waals surface area (Å²) < 4.78 is 61.1. The quantitative estimate of drug-likeness (QED) is 0.712. The molecule has 8 heteroatoms. The second kappa shape index (κ2) is 4.66. The number of halogens is 3. The van der Waals surface area contributed by atoms with Gasteiger partial charge < -0.3 is 0 Å². The molecule has 0 N–H and O–H groups in total. The van der Waals surface area contributed by atoms with Crippen LogP contribution in [-0.2, 0) is 10.0 Å². The third-order valence-electron chi connectivity index (χ3n) is 2.52. The van der Waals surface area contributed by atoms with Gasteiger partial charge in [-0.1, -0.05) is 6.08 Å². The van der Waals surface area contributed by atoms with Crippen molar-refractivity contribution in [1.29, 1.82) is 5.26 Å². The van der Waals surface area contributed by atoms with Crippen LogP contribution in [0.1, 0.15) is 13.3 Å². The van der Waals surface area contributed by atoms with E-state index in [4.69, 9.17) is 5.26 Å². The van der Waals surface area contributed by atoms with Gasteiger partial charge in [-0.05, 0) is 13.3 Å². The smallest absolute Gasteiger partial charge is 0.211 e. The third-order valence-corrected chi connectivity index (χ3v) is 4.57. The Bertz CT molecular complexity index is 462. The average Bonchev–Trinajstić information content (AvgIpc) is 2.27. The Morgan fingerprint density at radius 3 is 2.47 bits per heavy atom. The topological polar surface area (TPSA) is 61.2 Å². The van der Waals surface area contributed by atoms with Crippen molar-refractivity contribution < 1.29 is 21.6 Å². The van der Waals surface area contributed by atoms with Crippen LogP contribution in [0.2, 0.25) is 0 Å². The normalized spacial score (nSPS) is 20.5. The summed E-state index contributed by atoms with van der Waals surface area (Å²) in [4.78, 5) is 0. The summed E-state index contributed by atoms with van der Waals surface area (Å²) in [5, 5.41) is 7.28. The second-order valence-corrected chi connectivity index (χ2v) is 5.90. The first-order valence-electron chi connectivity index (χ1n) is 4.84. The molecule has 1 heterocycles. The van der Waals surface area contributed by atoms with Crippen molar-refractivity contribution in [3.05, 3.63) is 11.6 Å². The van der Waals surface area contributed by atoms with E-state index in [1.54, 1.807) is 6.07 Å². The highest BCUT2D eigenvalue weighted by atomic mass is 32.2. The molecule has 0 aromatic carbocycles. The Kier molecular flexibility index (Phi) is 3.84. The molecule has 1 aliphatic rings. The lowest BCUT2D eigenvalue weighted by Gasteiger charge is -2.27. The molecule has 0 saturated carbocycles. The summed E-state index contributed by atoms with van der Waals surface area (Å²) in [5.41, 5.74) is -0.714. The van der Waals surface area contributed by atoms with E-state index in [1.165, 1.54) is 6.92 Å². The maximum absolute atomic E-state index is 12.3. The van der Waals surface area contributed by atoms with Crippen molar-refractivity contribution in [3.63, 3.8) is 0 Å². The minimum atomic E-state index is -4.41. The first kappa shape index (κ1) is 14.0. The minimum absolute atomic E-state index is 0.236. The van der Waals surface area contributed by atoms with Gasteiger partial charge in [0.2, 0.25) is 10.0 Å². The van der Waals surface area contributed by atoms with Crippen LogP contribution in [0.4, 0.5) is 13.2 Å². The van der Waals surface area contributed by atoms with Gasteiger partial charge >= 0.3 is 6.18 Å². The molecule has 1 unspecified atom stereocenters. The molecule has 17 heavy (non-hydrogen) atoms. The zero-order valence-electron chi connectivity index (χ0n) is 9.03. The number of hydrogen-bond donors (Lipinski definition) is 0. The highest BCUT2D eigenvalue weighted by Crippen LogP contribution is 2.31. The Hall–Kier alpha value is -1.07. The van der Waals surface area contributed by atoms with Crippen LogP contribution in [0.3, 0.4) is 0 Å². The van der Waals surface area contributed by atoms with E-state index in [-0.39, 0.29) is 19.5 Å². The molecule has 4 nitrogen and oxygen atoms in total. The average molecular weight is 268 g/mol. The van der Waals surface area contributed by atoms with Gasteiger partial charge in [0.05, 0.1) is 6.07 Å². The molecule has 0 fully saturated rings. The van der Waals surface area contributed by atoms with Gasteiger partial charge in [0, 0.05) is 18.7 Å². The fraction of sp³-hybridized carbons (Fsp3) is 0.667. The van der Waals surface area contributed by atoms with Crippen LogP contribution in [0.15, 0.2) is 11.6 Å². The lowest BCUT2D eigenvalue weighted by atomic mass is 10.1. The van der Waals surface area contributed by atoms with E-state index < -0.39 is 27.0 Å². The highest BCUT2D eigenvalue weighted by molar-refractivity contribution is 7.89. The Morgan fingerprint density at radius 1 is 1.53 bits per heavy atom. The van der Waals surface area contributed by atoms with Gasteiger partial charge in [-0.25, -0.2) is 8.42 Å². The van der Waals surface area contributed by atoms with Crippen LogP contribution < -0.4 is 0 Å². The van der Waals surface area contributed by atoms with Gasteiger partial charge in [-0.3, -0.25) is 0 Å². The lowest BCUT2D eigenvalue weighted by molar-refractivity contribution is -0.0953. The molecule has 1 aliphatic heterocycles. The predicted octanol–water partition coefficient (Wildman–Crippen LogP) is 1.42. The summed E-state index contributed by atoms with van der Waals surface area (Å²) >= 11 is 0. The van der Waals surface area contributed by atoms with Crippen molar-refractivity contribution in [1.82, 2.24) is 4.31 Å². The zero-order valence-corrected chi connectivity index (χ0v) is 9.85. The van der Waals surface area contributed by atoms with Gasteiger partial charge in [0.1, 0.15) is 0 Å². The van der Waals surface area contributed by atoms with E-state index >= 15 is 0 Å². The monoisotopic (exact) mass is 268 g/mol. The summed E-state index contributed by atoms with van der Waals surface area (Å²) in [6.07, 6.45) is -3.93. The van der Waals surface area contributed by atoms with E-state index in [9.17, 15) is 21.6 Å². The molecule has 1 atom stereocenters.